The Bertz CT molecular complexity index is 967. The van der Waals surface area contributed by atoms with Crippen LogP contribution in [-0.2, 0) is 4.79 Å². The fourth-order valence-electron chi connectivity index (χ4n) is 3.88. The molecule has 170 valence electrons. The van der Waals surface area contributed by atoms with Gasteiger partial charge in [0.25, 0.3) is 11.8 Å². The summed E-state index contributed by atoms with van der Waals surface area (Å²) >= 11 is 5.91. The third-order valence-corrected chi connectivity index (χ3v) is 5.92. The van der Waals surface area contributed by atoms with Gasteiger partial charge in [0, 0.05) is 42.3 Å². The summed E-state index contributed by atoms with van der Waals surface area (Å²) in [5, 5.41) is 3.53. The molecule has 6 nitrogen and oxygen atoms in total. The molecule has 32 heavy (non-hydrogen) atoms. The van der Waals surface area contributed by atoms with Crippen LogP contribution in [0.1, 0.15) is 46.5 Å². The van der Waals surface area contributed by atoms with Gasteiger partial charge in [-0.2, -0.15) is 0 Å². The number of aryl methyl sites for hydroxylation is 1. The molecule has 2 aromatic rings. The van der Waals surface area contributed by atoms with Crippen molar-refractivity contribution in [1.82, 2.24) is 15.1 Å². The molecule has 7 heteroatoms. The molecule has 1 fully saturated rings. The number of nitrogens with one attached hydrogen (secondary N) is 1. The summed E-state index contributed by atoms with van der Waals surface area (Å²) in [6, 6.07) is 13.6. The molecule has 1 unspecified atom stereocenters. The zero-order valence-electron chi connectivity index (χ0n) is 18.8. The van der Waals surface area contributed by atoms with Crippen LogP contribution in [0.25, 0.3) is 0 Å². The minimum Gasteiger partial charge on any atom is -0.340 e. The van der Waals surface area contributed by atoms with E-state index in [9.17, 15) is 14.4 Å². The van der Waals surface area contributed by atoms with E-state index in [0.717, 1.165) is 5.56 Å². The van der Waals surface area contributed by atoms with Gasteiger partial charge < -0.3 is 15.1 Å². The van der Waals surface area contributed by atoms with Crippen LogP contribution in [0.4, 0.5) is 0 Å². The summed E-state index contributed by atoms with van der Waals surface area (Å²) in [5.74, 6) is -0.160. The Labute approximate surface area is 194 Å². The molecule has 0 radical (unpaired) electrons. The monoisotopic (exact) mass is 455 g/mol. The molecule has 1 atom stereocenters. The van der Waals surface area contributed by atoms with E-state index in [4.69, 9.17) is 11.6 Å². The Balaban J connectivity index is 1.63. The average Bonchev–Trinajstić information content (AvgIpc) is 2.78. The van der Waals surface area contributed by atoms with Crippen molar-refractivity contribution in [3.8, 4) is 0 Å². The van der Waals surface area contributed by atoms with Gasteiger partial charge in [-0.15, -0.1) is 0 Å². The molecule has 2 aromatic carbocycles. The maximum atomic E-state index is 13.3. The molecule has 0 bridgehead atoms. The Morgan fingerprint density at radius 1 is 0.938 bits per heavy atom. The number of hydrogen-bond acceptors (Lipinski definition) is 3. The number of rotatable bonds is 6. The SMILES string of the molecule is Cc1ccccc1C(=O)NC(CC(C)C)C(=O)N1CCN(C(=O)c2ccc(Cl)cc2)CC1. The van der Waals surface area contributed by atoms with Crippen molar-refractivity contribution >= 4 is 29.3 Å². The number of amides is 3. The van der Waals surface area contributed by atoms with E-state index < -0.39 is 6.04 Å². The van der Waals surface area contributed by atoms with E-state index in [0.29, 0.717) is 48.7 Å². The maximum Gasteiger partial charge on any atom is 0.253 e. The van der Waals surface area contributed by atoms with E-state index in [-0.39, 0.29) is 23.6 Å². The van der Waals surface area contributed by atoms with Gasteiger partial charge in [0.05, 0.1) is 0 Å². The van der Waals surface area contributed by atoms with E-state index in [1.807, 2.05) is 39.0 Å². The van der Waals surface area contributed by atoms with Crippen molar-refractivity contribution in [3.05, 3.63) is 70.2 Å². The van der Waals surface area contributed by atoms with E-state index in [1.165, 1.54) is 0 Å². The van der Waals surface area contributed by atoms with Crippen LogP contribution in [-0.4, -0.2) is 59.7 Å². The Kier molecular flexibility index (Phi) is 7.91. The summed E-state index contributed by atoms with van der Waals surface area (Å²) in [4.78, 5) is 42.3. The zero-order valence-corrected chi connectivity index (χ0v) is 19.6. The highest BCUT2D eigenvalue weighted by Crippen LogP contribution is 2.16. The number of nitrogens with zero attached hydrogens (tertiary/aromatic N) is 2. The first-order chi connectivity index (χ1) is 15.3. The summed E-state index contributed by atoms with van der Waals surface area (Å²) < 4.78 is 0. The van der Waals surface area contributed by atoms with Crippen LogP contribution in [0.2, 0.25) is 5.02 Å². The summed E-state index contributed by atoms with van der Waals surface area (Å²) in [6.45, 7) is 7.72. The molecule has 1 aliphatic heterocycles. The first-order valence-electron chi connectivity index (χ1n) is 11.0. The molecule has 0 aliphatic carbocycles. The normalized spacial score (nSPS) is 14.9. The van der Waals surface area contributed by atoms with Crippen molar-refractivity contribution in [1.29, 1.82) is 0 Å². The first-order valence-corrected chi connectivity index (χ1v) is 11.3. The minimum absolute atomic E-state index is 0.0691. The van der Waals surface area contributed by atoms with Gasteiger partial charge >= 0.3 is 0 Å². The van der Waals surface area contributed by atoms with Gasteiger partial charge in [-0.3, -0.25) is 14.4 Å². The molecule has 3 rings (SSSR count). The number of piperazine rings is 1. The fraction of sp³-hybridized carbons (Fsp3) is 0.400. The number of hydrogen-bond donors (Lipinski definition) is 1. The second kappa shape index (κ2) is 10.6. The lowest BCUT2D eigenvalue weighted by Crippen LogP contribution is -2.56. The van der Waals surface area contributed by atoms with Crippen LogP contribution < -0.4 is 5.32 Å². The summed E-state index contributed by atoms with van der Waals surface area (Å²) in [6.07, 6.45) is 0.556. The topological polar surface area (TPSA) is 69.7 Å². The predicted molar refractivity (Wildman–Crippen MR) is 126 cm³/mol. The van der Waals surface area contributed by atoms with Crippen LogP contribution in [0.15, 0.2) is 48.5 Å². The zero-order chi connectivity index (χ0) is 23.3. The average molecular weight is 456 g/mol. The Morgan fingerprint density at radius 3 is 2.12 bits per heavy atom. The van der Waals surface area contributed by atoms with Gasteiger partial charge in [0.2, 0.25) is 5.91 Å². The minimum atomic E-state index is -0.597. The van der Waals surface area contributed by atoms with Crippen molar-refractivity contribution in [3.63, 3.8) is 0 Å². The molecular weight excluding hydrogens is 426 g/mol. The second-order valence-electron chi connectivity index (χ2n) is 8.59. The van der Waals surface area contributed by atoms with Crippen LogP contribution in [0.5, 0.6) is 0 Å². The van der Waals surface area contributed by atoms with Crippen molar-refractivity contribution in [2.24, 2.45) is 5.92 Å². The second-order valence-corrected chi connectivity index (χ2v) is 9.03. The number of halogens is 1. The number of carbonyl (C=O) groups excluding carboxylic acids is 3. The van der Waals surface area contributed by atoms with Crippen LogP contribution >= 0.6 is 11.6 Å². The predicted octanol–water partition coefficient (Wildman–Crippen LogP) is 3.78. The first kappa shape index (κ1) is 23.8. The Morgan fingerprint density at radius 2 is 1.53 bits per heavy atom. The molecule has 1 aliphatic rings. The van der Waals surface area contributed by atoms with Gasteiger partial charge in [-0.25, -0.2) is 0 Å². The van der Waals surface area contributed by atoms with Gasteiger partial charge in [0.1, 0.15) is 6.04 Å². The van der Waals surface area contributed by atoms with Gasteiger partial charge in [-0.1, -0.05) is 43.6 Å². The van der Waals surface area contributed by atoms with Crippen molar-refractivity contribution < 1.29 is 14.4 Å². The molecule has 0 spiro atoms. The molecule has 1 saturated heterocycles. The highest BCUT2D eigenvalue weighted by atomic mass is 35.5. The standard InChI is InChI=1S/C25H30ClN3O3/c1-17(2)16-22(27-23(30)21-7-5-4-6-18(21)3)25(32)29-14-12-28(13-15-29)24(31)19-8-10-20(26)11-9-19/h4-11,17,22H,12-16H2,1-3H3,(H,27,30). The number of carbonyl (C=O) groups is 3. The molecular formula is C25H30ClN3O3. The van der Waals surface area contributed by atoms with E-state index >= 15 is 0 Å². The maximum absolute atomic E-state index is 13.3. The molecule has 0 saturated carbocycles. The van der Waals surface area contributed by atoms with Crippen molar-refractivity contribution in [2.45, 2.75) is 33.2 Å². The third-order valence-electron chi connectivity index (χ3n) is 5.67. The third kappa shape index (κ3) is 5.88. The summed E-state index contributed by atoms with van der Waals surface area (Å²) in [5.41, 5.74) is 2.03. The van der Waals surface area contributed by atoms with Crippen molar-refractivity contribution in [2.75, 3.05) is 26.2 Å². The smallest absolute Gasteiger partial charge is 0.253 e. The van der Waals surface area contributed by atoms with E-state index in [2.05, 4.69) is 5.32 Å². The molecule has 1 heterocycles. The van der Waals surface area contributed by atoms with Gasteiger partial charge in [-0.05, 0) is 55.2 Å². The quantitative estimate of drug-likeness (QED) is 0.720. The Hall–Kier alpha value is -2.86. The lowest BCUT2D eigenvalue weighted by Gasteiger charge is -2.37. The molecule has 1 N–H and O–H groups in total. The lowest BCUT2D eigenvalue weighted by atomic mass is 10.0. The number of benzene rings is 2. The lowest BCUT2D eigenvalue weighted by molar-refractivity contribution is -0.135. The molecule has 0 aromatic heterocycles. The molecule has 3 amide bonds. The fourth-order valence-corrected chi connectivity index (χ4v) is 4.01. The summed E-state index contributed by atoms with van der Waals surface area (Å²) in [7, 11) is 0. The van der Waals surface area contributed by atoms with E-state index in [1.54, 1.807) is 40.1 Å². The highest BCUT2D eigenvalue weighted by Gasteiger charge is 2.31. The largest absolute Gasteiger partial charge is 0.340 e. The van der Waals surface area contributed by atoms with Crippen LogP contribution in [0, 0.1) is 12.8 Å². The van der Waals surface area contributed by atoms with Gasteiger partial charge in [0.15, 0.2) is 0 Å². The van der Waals surface area contributed by atoms with Crippen LogP contribution in [0.3, 0.4) is 0 Å². The highest BCUT2D eigenvalue weighted by molar-refractivity contribution is 6.30.